The predicted octanol–water partition coefficient (Wildman–Crippen LogP) is 5.88. The van der Waals surface area contributed by atoms with Crippen molar-refractivity contribution in [1.29, 1.82) is 0 Å². The van der Waals surface area contributed by atoms with E-state index in [9.17, 15) is 24.2 Å². The number of fused-ring (bicyclic) bond motifs is 1. The minimum atomic E-state index is -1.29. The minimum absolute atomic E-state index is 0.00275. The fourth-order valence-electron chi connectivity index (χ4n) is 3.83. The lowest BCUT2D eigenvalue weighted by Crippen LogP contribution is -2.18. The summed E-state index contributed by atoms with van der Waals surface area (Å²) in [4.78, 5) is 25.4. The summed E-state index contributed by atoms with van der Waals surface area (Å²) in [6, 6.07) is 6.80. The van der Waals surface area contributed by atoms with Crippen LogP contribution in [0.1, 0.15) is 54.2 Å². The van der Waals surface area contributed by atoms with Gasteiger partial charge in [-0.05, 0) is 49.1 Å². The van der Waals surface area contributed by atoms with Crippen LogP contribution in [0.3, 0.4) is 0 Å². The van der Waals surface area contributed by atoms with Gasteiger partial charge in [0.2, 0.25) is 0 Å². The van der Waals surface area contributed by atoms with E-state index in [1.807, 2.05) is 13.8 Å². The van der Waals surface area contributed by atoms with Crippen molar-refractivity contribution in [1.82, 2.24) is 4.57 Å². The van der Waals surface area contributed by atoms with Gasteiger partial charge in [-0.15, -0.1) is 0 Å². The second kappa shape index (κ2) is 8.67. The van der Waals surface area contributed by atoms with E-state index in [1.54, 1.807) is 0 Å². The van der Waals surface area contributed by atoms with Crippen LogP contribution < -0.4 is 0 Å². The van der Waals surface area contributed by atoms with Gasteiger partial charge >= 0.3 is 5.97 Å². The third kappa shape index (κ3) is 4.02. The number of rotatable bonds is 6. The minimum Gasteiger partial charge on any atom is -0.503 e. The molecule has 0 spiro atoms. The number of carbonyl (C=O) groups excluding carboxylic acids is 1. The van der Waals surface area contributed by atoms with Crippen molar-refractivity contribution in [3.8, 4) is 5.75 Å². The molecule has 3 rings (SSSR count). The Bertz CT molecular complexity index is 1170. The smallest absolute Gasteiger partial charge is 0.311 e. The Morgan fingerprint density at radius 2 is 1.81 bits per heavy atom. The third-order valence-electron chi connectivity index (χ3n) is 5.68. The number of benzene rings is 2. The van der Waals surface area contributed by atoms with Crippen molar-refractivity contribution >= 4 is 34.4 Å². The molecule has 0 fully saturated rings. The lowest BCUT2D eigenvalue weighted by Gasteiger charge is -2.18. The van der Waals surface area contributed by atoms with Crippen molar-refractivity contribution in [2.45, 2.75) is 39.5 Å². The molecular weight excluding hydrogens is 428 g/mol. The van der Waals surface area contributed by atoms with Gasteiger partial charge in [-0.2, -0.15) is 0 Å². The average Bonchev–Trinajstić information content (AvgIpc) is 3.01. The molecule has 1 heterocycles. The molecule has 8 heteroatoms. The number of halogens is 3. The maximum atomic E-state index is 15.0. The Morgan fingerprint density at radius 3 is 2.35 bits per heavy atom. The zero-order valence-electron chi connectivity index (χ0n) is 17.2. The molecule has 0 amide bonds. The van der Waals surface area contributed by atoms with Crippen molar-refractivity contribution in [2.24, 2.45) is 5.92 Å². The molecule has 0 radical (unpaired) electrons. The first-order chi connectivity index (χ1) is 14.6. The number of aromatic hydroxyl groups is 1. The summed E-state index contributed by atoms with van der Waals surface area (Å²) in [5.41, 5.74) is 0.293. The molecule has 1 aromatic heterocycles. The van der Waals surface area contributed by atoms with Gasteiger partial charge in [0.25, 0.3) is 5.91 Å². The molecule has 0 saturated carbocycles. The van der Waals surface area contributed by atoms with Crippen LogP contribution in [0, 0.1) is 24.5 Å². The predicted molar refractivity (Wildman–Crippen MR) is 114 cm³/mol. The number of hydrogen-bond acceptors (Lipinski definition) is 3. The molecule has 0 saturated heterocycles. The molecule has 1 unspecified atom stereocenters. The Morgan fingerprint density at radius 1 is 1.19 bits per heavy atom. The SMILES string of the molecule is CCC(C)C[C@@H](C(=O)O)c1c(C)n(C(=O)c2ccc(Cl)cc2)c2cc(F)c(O)c(F)c12. The quantitative estimate of drug-likeness (QED) is 0.492. The van der Waals surface area contributed by atoms with Gasteiger partial charge in [0.05, 0.1) is 11.4 Å². The Kier molecular flexibility index (Phi) is 6.36. The lowest BCUT2D eigenvalue weighted by molar-refractivity contribution is -0.139. The van der Waals surface area contributed by atoms with E-state index in [-0.39, 0.29) is 40.1 Å². The molecule has 31 heavy (non-hydrogen) atoms. The van der Waals surface area contributed by atoms with E-state index in [0.717, 1.165) is 10.6 Å². The summed E-state index contributed by atoms with van der Waals surface area (Å²) >= 11 is 5.88. The molecule has 164 valence electrons. The van der Waals surface area contributed by atoms with Crippen LogP contribution in [0.5, 0.6) is 5.75 Å². The molecule has 0 aliphatic heterocycles. The summed E-state index contributed by atoms with van der Waals surface area (Å²) in [6.45, 7) is 5.27. The number of phenols is 1. The summed E-state index contributed by atoms with van der Waals surface area (Å²) < 4.78 is 30.4. The van der Waals surface area contributed by atoms with Gasteiger partial charge in [0, 0.05) is 27.7 Å². The van der Waals surface area contributed by atoms with Crippen LogP contribution >= 0.6 is 11.6 Å². The molecule has 3 aromatic rings. The van der Waals surface area contributed by atoms with E-state index in [2.05, 4.69) is 0 Å². The number of nitrogens with zero attached hydrogens (tertiary/aromatic N) is 1. The van der Waals surface area contributed by atoms with Crippen molar-refractivity contribution < 1.29 is 28.6 Å². The molecule has 0 bridgehead atoms. The number of phenolic OH excluding ortho intramolecular Hbond substituents is 1. The number of aliphatic carboxylic acids is 1. The number of carbonyl (C=O) groups is 2. The Labute approximate surface area is 182 Å². The zero-order valence-corrected chi connectivity index (χ0v) is 18.0. The summed E-state index contributed by atoms with van der Waals surface area (Å²) in [6.07, 6.45) is 0.895. The van der Waals surface area contributed by atoms with Crippen LogP contribution in [0.2, 0.25) is 5.02 Å². The Balaban J connectivity index is 2.36. The summed E-state index contributed by atoms with van der Waals surface area (Å²) in [5.74, 6) is -6.66. The highest BCUT2D eigenvalue weighted by atomic mass is 35.5. The molecule has 2 N–H and O–H groups in total. The maximum absolute atomic E-state index is 15.0. The highest BCUT2D eigenvalue weighted by Crippen LogP contribution is 2.40. The molecule has 2 atom stereocenters. The van der Waals surface area contributed by atoms with Gasteiger partial charge in [0.1, 0.15) is 0 Å². The highest BCUT2D eigenvalue weighted by molar-refractivity contribution is 6.30. The van der Waals surface area contributed by atoms with Gasteiger partial charge < -0.3 is 10.2 Å². The van der Waals surface area contributed by atoms with Gasteiger partial charge in [-0.1, -0.05) is 31.9 Å². The fourth-order valence-corrected chi connectivity index (χ4v) is 3.96. The molecular formula is C23H22ClF2NO4. The lowest BCUT2D eigenvalue weighted by atomic mass is 9.86. The second-order valence-electron chi connectivity index (χ2n) is 7.70. The van der Waals surface area contributed by atoms with E-state index < -0.39 is 35.2 Å². The number of carboxylic acids is 1. The summed E-state index contributed by atoms with van der Waals surface area (Å²) in [7, 11) is 0. The van der Waals surface area contributed by atoms with Crippen LogP contribution in [0.4, 0.5) is 8.78 Å². The molecule has 0 aliphatic rings. The van der Waals surface area contributed by atoms with E-state index >= 15 is 4.39 Å². The first kappa shape index (κ1) is 22.7. The number of hydrogen-bond donors (Lipinski definition) is 2. The van der Waals surface area contributed by atoms with Gasteiger partial charge in [-0.25, -0.2) is 8.78 Å². The highest BCUT2D eigenvalue weighted by Gasteiger charge is 2.33. The number of carboxylic acid groups (broad SMARTS) is 1. The molecule has 5 nitrogen and oxygen atoms in total. The maximum Gasteiger partial charge on any atom is 0.311 e. The van der Waals surface area contributed by atoms with E-state index in [1.165, 1.54) is 31.2 Å². The van der Waals surface area contributed by atoms with E-state index in [0.29, 0.717) is 11.4 Å². The van der Waals surface area contributed by atoms with Crippen LogP contribution in [0.15, 0.2) is 30.3 Å². The third-order valence-corrected chi connectivity index (χ3v) is 5.94. The monoisotopic (exact) mass is 449 g/mol. The van der Waals surface area contributed by atoms with Crippen molar-refractivity contribution in [3.63, 3.8) is 0 Å². The second-order valence-corrected chi connectivity index (χ2v) is 8.14. The standard InChI is InChI=1S/C23H22ClF2NO4/c1-4-11(2)9-15(23(30)31)18-12(3)27(22(29)13-5-7-14(24)8-6-13)17-10-16(25)21(28)20(26)19(17)18/h5-8,10-11,15,28H,4,9H2,1-3H3,(H,30,31)/t11?,15-/m1/s1. The first-order valence-corrected chi connectivity index (χ1v) is 10.2. The van der Waals surface area contributed by atoms with Gasteiger partial charge in [0.15, 0.2) is 17.4 Å². The fraction of sp³-hybridized carbons (Fsp3) is 0.304. The Hall–Kier alpha value is -2.93. The van der Waals surface area contributed by atoms with Crippen LogP contribution in [-0.2, 0) is 4.79 Å². The largest absolute Gasteiger partial charge is 0.503 e. The van der Waals surface area contributed by atoms with Gasteiger partial charge in [-0.3, -0.25) is 14.2 Å². The average molecular weight is 450 g/mol. The van der Waals surface area contributed by atoms with Crippen molar-refractivity contribution in [3.05, 3.63) is 63.8 Å². The normalized spacial score (nSPS) is 13.4. The topological polar surface area (TPSA) is 79.5 Å². The molecule has 0 aliphatic carbocycles. The van der Waals surface area contributed by atoms with E-state index in [4.69, 9.17) is 11.6 Å². The molecule has 2 aromatic carbocycles. The van der Waals surface area contributed by atoms with Crippen LogP contribution in [-0.4, -0.2) is 26.7 Å². The zero-order chi connectivity index (χ0) is 23.0. The number of aromatic nitrogens is 1. The van der Waals surface area contributed by atoms with Crippen molar-refractivity contribution in [2.75, 3.05) is 0 Å². The van der Waals surface area contributed by atoms with Crippen LogP contribution in [0.25, 0.3) is 10.9 Å². The summed E-state index contributed by atoms with van der Waals surface area (Å²) in [5, 5.41) is 19.9. The first-order valence-electron chi connectivity index (χ1n) is 9.83.